The second kappa shape index (κ2) is 7.50. The van der Waals surface area contributed by atoms with Crippen molar-refractivity contribution in [2.75, 3.05) is 19.1 Å². The number of ether oxygens (including phenoxy) is 1. The van der Waals surface area contributed by atoms with E-state index in [0.29, 0.717) is 19.3 Å². The molecular formula is C14H22O4S. The lowest BCUT2D eigenvalue weighted by atomic mass is 10.0. The van der Waals surface area contributed by atoms with Crippen molar-refractivity contribution in [2.24, 2.45) is 0 Å². The molecular weight excluding hydrogens is 264 g/mol. The van der Waals surface area contributed by atoms with Gasteiger partial charge in [0.15, 0.2) is 0 Å². The van der Waals surface area contributed by atoms with Crippen molar-refractivity contribution in [1.29, 1.82) is 0 Å². The Labute approximate surface area is 115 Å². The summed E-state index contributed by atoms with van der Waals surface area (Å²) < 4.78 is 27.0. The van der Waals surface area contributed by atoms with Crippen molar-refractivity contribution < 1.29 is 18.3 Å². The molecule has 1 atom stereocenters. The molecule has 0 amide bonds. The molecule has 0 aliphatic heterocycles. The highest BCUT2D eigenvalue weighted by Crippen LogP contribution is 2.14. The maximum atomic E-state index is 11.0. The molecule has 1 unspecified atom stereocenters. The van der Waals surface area contributed by atoms with Gasteiger partial charge in [-0.15, -0.1) is 0 Å². The number of methoxy groups -OCH3 is 1. The summed E-state index contributed by atoms with van der Waals surface area (Å²) in [6.45, 7) is 0. The van der Waals surface area contributed by atoms with Gasteiger partial charge in [-0.05, 0) is 43.4 Å². The number of hydrogen-bond donors (Lipinski definition) is 1. The van der Waals surface area contributed by atoms with Crippen LogP contribution in [0.15, 0.2) is 24.3 Å². The standard InChI is InChI=1S/C14H22O4S/c1-18-14-9-6-12(7-10-14)5-8-13(15)4-3-11-19(2,16)17/h6-7,9-10,13,15H,3-5,8,11H2,1-2H3. The minimum absolute atomic E-state index is 0.145. The summed E-state index contributed by atoms with van der Waals surface area (Å²) in [6.07, 6.45) is 3.26. The number of aliphatic hydroxyl groups is 1. The van der Waals surface area contributed by atoms with Gasteiger partial charge in [-0.25, -0.2) is 8.42 Å². The number of aryl methyl sites for hydroxylation is 1. The van der Waals surface area contributed by atoms with Crippen molar-refractivity contribution in [3.05, 3.63) is 29.8 Å². The Hall–Kier alpha value is -1.07. The number of sulfone groups is 1. The van der Waals surface area contributed by atoms with Crippen LogP contribution in [0.25, 0.3) is 0 Å². The largest absolute Gasteiger partial charge is 0.497 e. The van der Waals surface area contributed by atoms with Gasteiger partial charge in [-0.3, -0.25) is 0 Å². The first-order valence-electron chi connectivity index (χ1n) is 6.39. The number of rotatable bonds is 8. The zero-order chi connectivity index (χ0) is 14.3. The molecule has 0 spiro atoms. The molecule has 0 bridgehead atoms. The Morgan fingerprint density at radius 1 is 1.21 bits per heavy atom. The van der Waals surface area contributed by atoms with Gasteiger partial charge in [-0.1, -0.05) is 12.1 Å². The van der Waals surface area contributed by atoms with E-state index in [1.54, 1.807) is 7.11 Å². The molecule has 1 aromatic carbocycles. The molecule has 0 fully saturated rings. The lowest BCUT2D eigenvalue weighted by Gasteiger charge is -2.10. The topological polar surface area (TPSA) is 63.6 Å². The third-order valence-electron chi connectivity index (χ3n) is 2.98. The molecule has 4 nitrogen and oxygen atoms in total. The summed E-state index contributed by atoms with van der Waals surface area (Å²) in [5, 5.41) is 9.79. The van der Waals surface area contributed by atoms with Crippen LogP contribution in [-0.4, -0.2) is 38.7 Å². The van der Waals surface area contributed by atoms with E-state index in [9.17, 15) is 13.5 Å². The van der Waals surface area contributed by atoms with Gasteiger partial charge in [0.1, 0.15) is 15.6 Å². The first-order chi connectivity index (χ1) is 8.90. The summed E-state index contributed by atoms with van der Waals surface area (Å²) in [5.41, 5.74) is 1.14. The van der Waals surface area contributed by atoms with E-state index in [-0.39, 0.29) is 5.75 Å². The fourth-order valence-corrected chi connectivity index (χ4v) is 2.54. The molecule has 108 valence electrons. The van der Waals surface area contributed by atoms with Gasteiger partial charge in [0.05, 0.1) is 13.2 Å². The SMILES string of the molecule is COc1ccc(CCC(O)CCCS(C)(=O)=O)cc1. The molecule has 19 heavy (non-hydrogen) atoms. The van der Waals surface area contributed by atoms with E-state index in [1.807, 2.05) is 24.3 Å². The maximum Gasteiger partial charge on any atom is 0.147 e. The third-order valence-corrected chi connectivity index (χ3v) is 4.01. The van der Waals surface area contributed by atoms with E-state index in [1.165, 1.54) is 6.26 Å². The summed E-state index contributed by atoms with van der Waals surface area (Å²) >= 11 is 0. The van der Waals surface area contributed by atoms with E-state index in [0.717, 1.165) is 17.7 Å². The Bertz CT molecular complexity index is 465. The predicted molar refractivity (Wildman–Crippen MR) is 76.3 cm³/mol. The van der Waals surface area contributed by atoms with Crippen LogP contribution < -0.4 is 4.74 Å². The first-order valence-corrected chi connectivity index (χ1v) is 8.45. The normalized spacial score (nSPS) is 13.2. The van der Waals surface area contributed by atoms with Crippen molar-refractivity contribution in [2.45, 2.75) is 31.8 Å². The molecule has 1 N–H and O–H groups in total. The average molecular weight is 286 g/mol. The van der Waals surface area contributed by atoms with E-state index in [2.05, 4.69) is 0 Å². The lowest BCUT2D eigenvalue weighted by Crippen LogP contribution is -2.11. The van der Waals surface area contributed by atoms with Crippen LogP contribution in [0.5, 0.6) is 5.75 Å². The van der Waals surface area contributed by atoms with Crippen molar-refractivity contribution in [1.82, 2.24) is 0 Å². The number of aliphatic hydroxyl groups excluding tert-OH is 1. The first kappa shape index (κ1) is 16.0. The van der Waals surface area contributed by atoms with Gasteiger partial charge in [-0.2, -0.15) is 0 Å². The second-order valence-electron chi connectivity index (χ2n) is 4.81. The zero-order valence-corrected chi connectivity index (χ0v) is 12.3. The van der Waals surface area contributed by atoms with Crippen LogP contribution in [0.2, 0.25) is 0 Å². The zero-order valence-electron chi connectivity index (χ0n) is 11.5. The van der Waals surface area contributed by atoms with Crippen molar-refractivity contribution in [3.63, 3.8) is 0 Å². The number of hydrogen-bond acceptors (Lipinski definition) is 4. The predicted octanol–water partition coefficient (Wildman–Crippen LogP) is 1.81. The van der Waals surface area contributed by atoms with Crippen molar-refractivity contribution >= 4 is 9.84 Å². The molecule has 0 heterocycles. The Balaban J connectivity index is 2.27. The summed E-state index contributed by atoms with van der Waals surface area (Å²) in [4.78, 5) is 0. The van der Waals surface area contributed by atoms with E-state index < -0.39 is 15.9 Å². The Morgan fingerprint density at radius 2 is 1.84 bits per heavy atom. The summed E-state index contributed by atoms with van der Waals surface area (Å²) in [5.74, 6) is 0.963. The van der Waals surface area contributed by atoms with Crippen LogP contribution >= 0.6 is 0 Å². The Morgan fingerprint density at radius 3 is 2.37 bits per heavy atom. The summed E-state index contributed by atoms with van der Waals surface area (Å²) in [6, 6.07) is 7.74. The fraction of sp³-hybridized carbons (Fsp3) is 0.571. The smallest absolute Gasteiger partial charge is 0.147 e. The van der Waals surface area contributed by atoms with E-state index in [4.69, 9.17) is 4.74 Å². The highest BCUT2D eigenvalue weighted by molar-refractivity contribution is 7.90. The quantitative estimate of drug-likeness (QED) is 0.791. The molecule has 1 aromatic rings. The molecule has 1 rings (SSSR count). The van der Waals surface area contributed by atoms with Crippen molar-refractivity contribution in [3.8, 4) is 5.75 Å². The van der Waals surface area contributed by atoms with E-state index >= 15 is 0 Å². The van der Waals surface area contributed by atoms with Gasteiger partial charge in [0.2, 0.25) is 0 Å². The Kier molecular flexibility index (Phi) is 6.31. The van der Waals surface area contributed by atoms with Gasteiger partial charge in [0, 0.05) is 12.0 Å². The van der Waals surface area contributed by atoms with Crippen LogP contribution in [0.1, 0.15) is 24.8 Å². The maximum absolute atomic E-state index is 11.0. The molecule has 0 radical (unpaired) electrons. The average Bonchev–Trinajstić information content (AvgIpc) is 2.35. The van der Waals surface area contributed by atoms with Crippen LogP contribution in [-0.2, 0) is 16.3 Å². The minimum atomic E-state index is -2.92. The van der Waals surface area contributed by atoms with Crippen LogP contribution in [0, 0.1) is 0 Å². The molecule has 5 heteroatoms. The molecule has 0 aromatic heterocycles. The lowest BCUT2D eigenvalue weighted by molar-refractivity contribution is 0.154. The van der Waals surface area contributed by atoms with Gasteiger partial charge in [0.25, 0.3) is 0 Å². The monoisotopic (exact) mass is 286 g/mol. The minimum Gasteiger partial charge on any atom is -0.497 e. The fourth-order valence-electron chi connectivity index (χ4n) is 1.85. The van der Waals surface area contributed by atoms with Crippen LogP contribution in [0.3, 0.4) is 0 Å². The highest BCUT2D eigenvalue weighted by atomic mass is 32.2. The molecule has 0 saturated carbocycles. The molecule has 0 saturated heterocycles. The molecule has 0 aliphatic rings. The van der Waals surface area contributed by atoms with Gasteiger partial charge < -0.3 is 9.84 Å². The highest BCUT2D eigenvalue weighted by Gasteiger charge is 2.08. The number of benzene rings is 1. The third kappa shape index (κ3) is 7.18. The summed E-state index contributed by atoms with van der Waals surface area (Å²) in [7, 11) is -1.29. The second-order valence-corrected chi connectivity index (χ2v) is 7.07. The van der Waals surface area contributed by atoms with Gasteiger partial charge >= 0.3 is 0 Å². The van der Waals surface area contributed by atoms with Crippen LogP contribution in [0.4, 0.5) is 0 Å². The molecule has 0 aliphatic carbocycles.